The Morgan fingerprint density at radius 3 is 1.68 bits per heavy atom. The van der Waals surface area contributed by atoms with E-state index in [0.29, 0.717) is 0 Å². The fourth-order valence-electron chi connectivity index (χ4n) is 4.04. The topological polar surface area (TPSA) is 110 Å². The van der Waals surface area contributed by atoms with Crippen molar-refractivity contribution in [1.82, 2.24) is 0 Å². The van der Waals surface area contributed by atoms with Gasteiger partial charge in [-0.1, -0.05) is 84.9 Å². The number of alkyl halides is 2. The Bertz CT molecular complexity index is 1440. The third kappa shape index (κ3) is 5.99. The Morgan fingerprint density at radius 1 is 0.829 bits per heavy atom. The second-order valence-electron chi connectivity index (χ2n) is 10.4. The highest BCUT2D eigenvalue weighted by atomic mass is 33.2. The second kappa shape index (κ2) is 11.5. The Kier molecular flexibility index (Phi) is 9.00. The molecule has 0 radical (unpaired) electrons. The number of esters is 2. The van der Waals surface area contributed by atoms with Crippen LogP contribution in [0.15, 0.2) is 112 Å². The summed E-state index contributed by atoms with van der Waals surface area (Å²) in [5, 5.41) is -4.88. The van der Waals surface area contributed by atoms with Crippen molar-refractivity contribution in [3.63, 3.8) is 0 Å². The third-order valence-electron chi connectivity index (χ3n) is 6.23. The summed E-state index contributed by atoms with van der Waals surface area (Å²) in [5.74, 6) is -2.35. The van der Waals surface area contributed by atoms with Gasteiger partial charge in [0.05, 0.1) is 0 Å². The smallest absolute Gasteiger partial charge is 0.383 e. The van der Waals surface area contributed by atoms with Crippen molar-refractivity contribution in [2.75, 3.05) is 13.2 Å². The Labute approximate surface area is 239 Å². The molecule has 0 spiro atoms. The first-order valence-electron chi connectivity index (χ1n) is 12.5. The first-order valence-corrected chi connectivity index (χ1v) is 16.5. The summed E-state index contributed by atoms with van der Waals surface area (Å²) >= 11 is 0. The first-order chi connectivity index (χ1) is 18.9. The number of rotatable bonds is 10. The van der Waals surface area contributed by atoms with Gasteiger partial charge < -0.3 is 9.47 Å². The van der Waals surface area contributed by atoms with Crippen molar-refractivity contribution < 1.29 is 41.2 Å². The van der Waals surface area contributed by atoms with Crippen LogP contribution in [0.3, 0.4) is 0 Å². The summed E-state index contributed by atoms with van der Waals surface area (Å²) in [7, 11) is -11.3. The quantitative estimate of drug-likeness (QED) is 0.142. The molecule has 0 aliphatic rings. The third-order valence-corrected chi connectivity index (χ3v) is 16.3. The van der Waals surface area contributed by atoms with Gasteiger partial charge in [0.2, 0.25) is 0 Å². The minimum absolute atomic E-state index is 0.00807. The lowest BCUT2D eigenvalue weighted by atomic mass is 9.87. The maximum Gasteiger partial charge on any atom is 0.383 e. The average Bonchev–Trinajstić information content (AvgIpc) is 2.91. The lowest BCUT2D eigenvalue weighted by molar-refractivity contribution is -0.160. The van der Waals surface area contributed by atoms with E-state index in [4.69, 9.17) is 0 Å². The number of halogens is 2. The summed E-state index contributed by atoms with van der Waals surface area (Å²) in [6, 6.07) is 21.2. The largest absolute Gasteiger partial charge is 0.455 e. The SMILES string of the molecule is C=C(C)C(=O)OCC(=O)OCC(F)(F)S(=O)(O)(O)S(c1ccccc1)(c1ccccc1)c1ccc(C(C)(C)C)cc1. The molecule has 7 nitrogen and oxygen atoms in total. The predicted octanol–water partition coefficient (Wildman–Crippen LogP) is 7.20. The maximum atomic E-state index is 16.2. The molecule has 2 N–H and O–H groups in total. The zero-order valence-electron chi connectivity index (χ0n) is 23.2. The van der Waals surface area contributed by atoms with Gasteiger partial charge in [-0.2, -0.15) is 8.78 Å². The molecule has 0 amide bonds. The van der Waals surface area contributed by atoms with Crippen LogP contribution in [0.25, 0.3) is 0 Å². The van der Waals surface area contributed by atoms with Crippen LogP contribution in [0.2, 0.25) is 0 Å². The lowest BCUT2D eigenvalue weighted by Gasteiger charge is -2.56. The number of ether oxygens (including phenoxy) is 2. The van der Waals surface area contributed by atoms with E-state index in [1.165, 1.54) is 67.6 Å². The van der Waals surface area contributed by atoms with Crippen molar-refractivity contribution in [2.24, 2.45) is 0 Å². The molecular weight excluding hydrogens is 574 g/mol. The Morgan fingerprint density at radius 2 is 1.27 bits per heavy atom. The molecule has 0 bridgehead atoms. The van der Waals surface area contributed by atoms with E-state index in [2.05, 4.69) is 16.1 Å². The van der Waals surface area contributed by atoms with Crippen molar-refractivity contribution in [3.05, 3.63) is 103 Å². The Hall–Kier alpha value is -3.38. The number of hydrogen-bond acceptors (Lipinski definition) is 5. The van der Waals surface area contributed by atoms with Crippen molar-refractivity contribution in [3.8, 4) is 0 Å². The Balaban J connectivity index is 2.24. The summed E-state index contributed by atoms with van der Waals surface area (Å²) in [6.45, 7) is 7.54. The lowest BCUT2D eigenvalue weighted by Crippen LogP contribution is -2.55. The van der Waals surface area contributed by atoms with Gasteiger partial charge in [-0.25, -0.2) is 13.8 Å². The molecule has 0 unspecified atom stereocenters. The number of carbonyl (C=O) groups excluding carboxylic acids is 2. The van der Waals surface area contributed by atoms with Crippen molar-refractivity contribution in [2.45, 2.75) is 53.1 Å². The molecule has 3 aromatic carbocycles. The standard InChI is InChI=1S/C30H34F2O7S2/c1-22(2)28(34)38-20-27(33)39-21-30(31,32)41(35,36,37)40(24-12-8-6-9-13-24,25-14-10-7-11-15-25)26-18-16-23(17-19-26)29(3,4)5/h6-19H,1,20-21H2,2-5H3,(H2,35,36,37). The summed E-state index contributed by atoms with van der Waals surface area (Å²) in [5.41, 5.74) is 0.482. The second-order valence-corrected chi connectivity index (χ2v) is 18.4. The number of hydrogen-bond donors (Lipinski definition) is 2. The fourth-order valence-corrected chi connectivity index (χ4v) is 13.5. The minimum Gasteiger partial charge on any atom is -0.455 e. The molecule has 0 aliphatic heterocycles. The molecule has 0 saturated carbocycles. The van der Waals surface area contributed by atoms with Crippen LogP contribution in [0.5, 0.6) is 0 Å². The van der Waals surface area contributed by atoms with E-state index in [0.717, 1.165) is 5.56 Å². The van der Waals surface area contributed by atoms with Gasteiger partial charge >= 0.3 is 17.2 Å². The van der Waals surface area contributed by atoms with Crippen molar-refractivity contribution >= 4 is 29.7 Å². The van der Waals surface area contributed by atoms with Gasteiger partial charge in [-0.3, -0.25) is 9.11 Å². The molecule has 3 aromatic rings. The van der Waals surface area contributed by atoms with Gasteiger partial charge in [-0.05, 0) is 54.3 Å². The van der Waals surface area contributed by atoms with Crippen LogP contribution in [0, 0.1) is 0 Å². The van der Waals surface area contributed by atoms with Crippen LogP contribution in [0.1, 0.15) is 33.3 Å². The maximum absolute atomic E-state index is 16.2. The average molecular weight is 609 g/mol. The van der Waals surface area contributed by atoms with E-state index in [-0.39, 0.29) is 25.7 Å². The molecule has 0 atom stereocenters. The molecule has 3 rings (SSSR count). The summed E-state index contributed by atoms with van der Waals surface area (Å²) in [4.78, 5) is 23.6. The van der Waals surface area contributed by atoms with Crippen LogP contribution < -0.4 is 0 Å². The molecule has 0 saturated heterocycles. The molecular formula is C30H34F2O7S2. The normalized spacial score (nSPS) is 13.9. The zero-order valence-corrected chi connectivity index (χ0v) is 24.8. The molecule has 11 heteroatoms. The van der Waals surface area contributed by atoms with E-state index < -0.39 is 48.1 Å². The fraction of sp³-hybridized carbons (Fsp3) is 0.267. The van der Waals surface area contributed by atoms with Crippen LogP contribution in [-0.2, 0) is 33.1 Å². The van der Waals surface area contributed by atoms with Gasteiger partial charge in [-0.15, -0.1) is 0 Å². The first kappa shape index (κ1) is 32.1. The highest BCUT2D eigenvalue weighted by molar-refractivity contribution is 8.97. The zero-order chi connectivity index (χ0) is 30.7. The van der Waals surface area contributed by atoms with E-state index in [1.54, 1.807) is 24.3 Å². The highest BCUT2D eigenvalue weighted by Gasteiger charge is 2.69. The van der Waals surface area contributed by atoms with Crippen molar-refractivity contribution in [1.29, 1.82) is 0 Å². The molecule has 222 valence electrons. The molecule has 0 aliphatic carbocycles. The number of carbonyl (C=O) groups is 2. The van der Waals surface area contributed by atoms with E-state index in [9.17, 15) is 22.9 Å². The van der Waals surface area contributed by atoms with Crippen LogP contribution in [-0.4, -0.2) is 43.7 Å². The molecule has 0 heterocycles. The van der Waals surface area contributed by atoms with Gasteiger partial charge in [0.25, 0.3) is 0 Å². The van der Waals surface area contributed by atoms with E-state index in [1.807, 2.05) is 20.8 Å². The van der Waals surface area contributed by atoms with Crippen LogP contribution in [0.4, 0.5) is 8.78 Å². The summed E-state index contributed by atoms with van der Waals surface area (Å²) < 4.78 is 79.5. The van der Waals surface area contributed by atoms with E-state index >= 15 is 8.78 Å². The predicted molar refractivity (Wildman–Crippen MR) is 155 cm³/mol. The molecule has 0 aromatic heterocycles. The molecule has 41 heavy (non-hydrogen) atoms. The summed E-state index contributed by atoms with van der Waals surface area (Å²) in [6.07, 6.45) is 0. The number of benzene rings is 3. The van der Waals surface area contributed by atoms with Gasteiger partial charge in [0, 0.05) is 20.3 Å². The van der Waals surface area contributed by atoms with Crippen LogP contribution >= 0.6 is 9.06 Å². The van der Waals surface area contributed by atoms with Gasteiger partial charge in [0.15, 0.2) is 21.9 Å². The monoisotopic (exact) mass is 608 g/mol. The molecule has 0 fully saturated rings. The van der Waals surface area contributed by atoms with Gasteiger partial charge in [0.1, 0.15) is 0 Å². The highest BCUT2D eigenvalue weighted by Crippen LogP contribution is 2.82. The minimum atomic E-state index is -7.20.